The lowest BCUT2D eigenvalue weighted by atomic mass is 9.82. The first-order valence-corrected chi connectivity index (χ1v) is 14.3. The molecule has 0 aromatic carbocycles. The van der Waals surface area contributed by atoms with Gasteiger partial charge in [0.2, 0.25) is 11.8 Å². The number of amides is 3. The average Bonchev–Trinajstić information content (AvgIpc) is 3.57. The SMILES string of the molecule is Cc1cc(C(F)(F)F)nc(-c2ccnc3c(F)c(CN4C(=O)C(C)C(C)(C)C4=O)sc23)c1C(=O)N1CC[C@H](N(C)C)C1. The van der Waals surface area contributed by atoms with E-state index in [2.05, 4.69) is 9.97 Å². The Hall–Kier alpha value is -3.45. The van der Waals surface area contributed by atoms with Crippen molar-refractivity contribution in [2.45, 2.75) is 52.9 Å². The molecule has 3 aromatic rings. The number of fused-ring (bicyclic) bond motifs is 1. The first-order chi connectivity index (χ1) is 19.5. The van der Waals surface area contributed by atoms with Crippen LogP contribution in [0.4, 0.5) is 17.6 Å². The first kappa shape index (κ1) is 30.0. The first-order valence-electron chi connectivity index (χ1n) is 13.5. The number of rotatable bonds is 5. The highest BCUT2D eigenvalue weighted by molar-refractivity contribution is 7.19. The molecule has 3 aromatic heterocycles. The second-order valence-electron chi connectivity index (χ2n) is 11.8. The number of alkyl halides is 3. The molecular weight excluding hydrogens is 574 g/mol. The van der Waals surface area contributed by atoms with E-state index in [1.807, 2.05) is 19.0 Å². The van der Waals surface area contributed by atoms with E-state index in [0.29, 0.717) is 19.5 Å². The van der Waals surface area contributed by atoms with Crippen molar-refractivity contribution in [3.63, 3.8) is 0 Å². The number of aryl methyl sites for hydroxylation is 1. The molecule has 5 rings (SSSR count). The molecule has 0 spiro atoms. The standard InChI is InChI=1S/C29H31F4N5O3S/c1-14-11-19(29(31,32)33)35-22(20(14)26(40)37-10-8-16(12-37)36(5)6)17-7-9-34-23-21(30)18(42-24(17)23)13-38-25(39)15(2)28(3,4)27(38)41/h7,9,11,15-16H,8,10,12-13H2,1-6H3/t15?,16-/m0/s1. The number of carbonyl (C=O) groups is 3. The maximum atomic E-state index is 15.7. The summed E-state index contributed by atoms with van der Waals surface area (Å²) in [6.07, 6.45) is -2.83. The maximum absolute atomic E-state index is 15.7. The third kappa shape index (κ3) is 4.85. The number of hydrogen-bond donors (Lipinski definition) is 0. The van der Waals surface area contributed by atoms with Gasteiger partial charge in [-0.2, -0.15) is 13.2 Å². The van der Waals surface area contributed by atoms with Crippen LogP contribution in [0.1, 0.15) is 53.7 Å². The Labute approximate surface area is 244 Å². The molecule has 0 aliphatic carbocycles. The van der Waals surface area contributed by atoms with Crippen LogP contribution in [0.15, 0.2) is 18.3 Å². The van der Waals surface area contributed by atoms with Crippen LogP contribution in [0.5, 0.6) is 0 Å². The van der Waals surface area contributed by atoms with Gasteiger partial charge in [0.15, 0.2) is 5.82 Å². The van der Waals surface area contributed by atoms with Crippen molar-refractivity contribution < 1.29 is 31.9 Å². The van der Waals surface area contributed by atoms with Crippen LogP contribution in [-0.2, 0) is 22.3 Å². The van der Waals surface area contributed by atoms with Crippen LogP contribution < -0.4 is 0 Å². The fourth-order valence-electron chi connectivity index (χ4n) is 5.55. The van der Waals surface area contributed by atoms with Crippen molar-refractivity contribution in [1.82, 2.24) is 24.7 Å². The number of hydrogen-bond acceptors (Lipinski definition) is 7. The molecule has 0 N–H and O–H groups in total. The van der Waals surface area contributed by atoms with Gasteiger partial charge in [-0.15, -0.1) is 11.3 Å². The number of thiophene rings is 1. The smallest absolute Gasteiger partial charge is 0.337 e. The van der Waals surface area contributed by atoms with Gasteiger partial charge < -0.3 is 9.80 Å². The molecule has 42 heavy (non-hydrogen) atoms. The van der Waals surface area contributed by atoms with Gasteiger partial charge in [-0.25, -0.2) is 9.37 Å². The number of likely N-dealkylation sites (N-methyl/N-ethyl adjacent to an activating group) is 1. The summed E-state index contributed by atoms with van der Waals surface area (Å²) in [6, 6.07) is 2.36. The fraction of sp³-hybridized carbons (Fsp3) is 0.483. The predicted octanol–water partition coefficient (Wildman–Crippen LogP) is 5.13. The number of nitrogens with zero attached hydrogens (tertiary/aromatic N) is 5. The largest absolute Gasteiger partial charge is 0.433 e. The third-order valence-electron chi connectivity index (χ3n) is 8.56. The molecule has 0 bridgehead atoms. The van der Waals surface area contributed by atoms with Gasteiger partial charge >= 0.3 is 6.18 Å². The van der Waals surface area contributed by atoms with E-state index >= 15 is 4.39 Å². The molecule has 2 aliphatic rings. The molecule has 2 fully saturated rings. The topological polar surface area (TPSA) is 86.7 Å². The Morgan fingerprint density at radius 3 is 2.50 bits per heavy atom. The summed E-state index contributed by atoms with van der Waals surface area (Å²) < 4.78 is 57.6. The second-order valence-corrected chi connectivity index (χ2v) is 12.9. The Bertz CT molecular complexity index is 1620. The Kier molecular flexibility index (Phi) is 7.41. The lowest BCUT2D eigenvalue weighted by molar-refractivity contribution is -0.142. The molecule has 224 valence electrons. The summed E-state index contributed by atoms with van der Waals surface area (Å²) in [4.78, 5) is 52.3. The summed E-state index contributed by atoms with van der Waals surface area (Å²) in [5.41, 5.74) is -2.27. The zero-order chi connectivity index (χ0) is 30.9. The minimum atomic E-state index is -4.79. The summed E-state index contributed by atoms with van der Waals surface area (Å²) in [6.45, 7) is 6.88. The quantitative estimate of drug-likeness (QED) is 0.296. The minimum Gasteiger partial charge on any atom is -0.337 e. The zero-order valence-corrected chi connectivity index (χ0v) is 24.9. The van der Waals surface area contributed by atoms with Gasteiger partial charge in [-0.1, -0.05) is 20.8 Å². The van der Waals surface area contributed by atoms with Crippen LogP contribution in [-0.4, -0.2) is 75.6 Å². The highest BCUT2D eigenvalue weighted by Gasteiger charge is 2.51. The van der Waals surface area contributed by atoms with Gasteiger partial charge in [-0.05, 0) is 45.1 Å². The molecule has 0 radical (unpaired) electrons. The molecule has 13 heteroatoms. The van der Waals surface area contributed by atoms with Gasteiger partial charge in [0, 0.05) is 36.8 Å². The lowest BCUT2D eigenvalue weighted by Crippen LogP contribution is -2.35. The van der Waals surface area contributed by atoms with E-state index < -0.39 is 46.7 Å². The molecule has 2 saturated heterocycles. The van der Waals surface area contributed by atoms with Crippen LogP contribution in [0, 0.1) is 24.1 Å². The van der Waals surface area contributed by atoms with Crippen molar-refractivity contribution in [2.24, 2.45) is 11.3 Å². The van der Waals surface area contributed by atoms with Crippen molar-refractivity contribution in [3.8, 4) is 11.3 Å². The zero-order valence-electron chi connectivity index (χ0n) is 24.1. The molecule has 3 amide bonds. The van der Waals surface area contributed by atoms with Crippen LogP contribution in [0.2, 0.25) is 0 Å². The van der Waals surface area contributed by atoms with Crippen molar-refractivity contribution in [2.75, 3.05) is 27.2 Å². The summed E-state index contributed by atoms with van der Waals surface area (Å²) >= 11 is 0.877. The average molecular weight is 606 g/mol. The van der Waals surface area contributed by atoms with Gasteiger partial charge in [0.1, 0.15) is 11.2 Å². The van der Waals surface area contributed by atoms with E-state index in [9.17, 15) is 27.6 Å². The highest BCUT2D eigenvalue weighted by atomic mass is 32.1. The van der Waals surface area contributed by atoms with E-state index in [-0.39, 0.29) is 50.1 Å². The molecule has 0 saturated carbocycles. The van der Waals surface area contributed by atoms with Crippen LogP contribution in [0.25, 0.3) is 21.5 Å². The summed E-state index contributed by atoms with van der Waals surface area (Å²) in [5, 5.41) is 0. The number of carbonyl (C=O) groups excluding carboxylic acids is 3. The number of pyridine rings is 2. The van der Waals surface area contributed by atoms with Crippen molar-refractivity contribution in [1.29, 1.82) is 0 Å². The van der Waals surface area contributed by atoms with Crippen LogP contribution >= 0.6 is 11.3 Å². The van der Waals surface area contributed by atoms with Crippen molar-refractivity contribution >= 4 is 39.3 Å². The number of aromatic nitrogens is 2. The Morgan fingerprint density at radius 2 is 1.93 bits per heavy atom. The molecule has 2 atom stereocenters. The van der Waals surface area contributed by atoms with Crippen LogP contribution in [0.3, 0.4) is 0 Å². The minimum absolute atomic E-state index is 0.00531. The Balaban J connectivity index is 1.64. The number of imide groups is 1. The van der Waals surface area contributed by atoms with Gasteiger partial charge in [0.25, 0.3) is 5.91 Å². The second kappa shape index (κ2) is 10.4. The van der Waals surface area contributed by atoms with E-state index in [1.165, 1.54) is 19.2 Å². The monoisotopic (exact) mass is 605 g/mol. The maximum Gasteiger partial charge on any atom is 0.433 e. The summed E-state index contributed by atoms with van der Waals surface area (Å²) in [7, 11) is 3.80. The highest BCUT2D eigenvalue weighted by Crippen LogP contribution is 2.42. The lowest BCUT2D eigenvalue weighted by Gasteiger charge is -2.23. The molecule has 1 unspecified atom stereocenters. The summed E-state index contributed by atoms with van der Waals surface area (Å²) in [5.74, 6) is -2.70. The molecule has 5 heterocycles. The van der Waals surface area contributed by atoms with Crippen molar-refractivity contribution in [3.05, 3.63) is 45.8 Å². The predicted molar refractivity (Wildman–Crippen MR) is 149 cm³/mol. The third-order valence-corrected chi connectivity index (χ3v) is 9.73. The molecule has 8 nitrogen and oxygen atoms in total. The number of halogens is 4. The Morgan fingerprint density at radius 1 is 1.24 bits per heavy atom. The molecule has 2 aliphatic heterocycles. The van der Waals surface area contributed by atoms with E-state index in [0.717, 1.165) is 22.3 Å². The van der Waals surface area contributed by atoms with Gasteiger partial charge in [-0.3, -0.25) is 24.3 Å². The van der Waals surface area contributed by atoms with Gasteiger partial charge in [0.05, 0.1) is 32.8 Å². The van der Waals surface area contributed by atoms with E-state index in [4.69, 9.17) is 0 Å². The normalized spacial score (nSPS) is 20.9. The fourth-order valence-corrected chi connectivity index (χ4v) is 6.69. The van der Waals surface area contributed by atoms with E-state index in [1.54, 1.807) is 25.7 Å². The number of likely N-dealkylation sites (tertiary alicyclic amines) is 2. The molecular formula is C29H31F4N5O3S.